The van der Waals surface area contributed by atoms with Crippen molar-refractivity contribution in [2.45, 2.75) is 33.8 Å². The molecule has 0 bridgehead atoms. The number of nitrogens with zero attached hydrogens (tertiary/aromatic N) is 2. The standard InChI is InChI=1S/C26H24N2O3S/c1-17-11-12-24(18(2)13-17)28(19(3)29)26-27-22(16-32-26)15-31-25(30)14-21-9-6-8-20-7-4-5-10-23(20)21/h4-13,16H,14-15H2,1-3H3. The number of hydrogen-bond donors (Lipinski definition) is 0. The highest BCUT2D eigenvalue weighted by Gasteiger charge is 2.20. The van der Waals surface area contributed by atoms with Crippen LogP contribution in [-0.4, -0.2) is 16.9 Å². The van der Waals surface area contributed by atoms with Crippen molar-refractivity contribution < 1.29 is 14.3 Å². The Kier molecular flexibility index (Phi) is 6.32. The van der Waals surface area contributed by atoms with Gasteiger partial charge in [0.1, 0.15) is 6.61 Å². The van der Waals surface area contributed by atoms with Crippen LogP contribution in [0.5, 0.6) is 0 Å². The van der Waals surface area contributed by atoms with Gasteiger partial charge in [-0.15, -0.1) is 11.3 Å². The molecule has 0 aliphatic heterocycles. The largest absolute Gasteiger partial charge is 0.459 e. The summed E-state index contributed by atoms with van der Waals surface area (Å²) in [6.45, 7) is 5.58. The first-order valence-electron chi connectivity index (χ1n) is 10.4. The van der Waals surface area contributed by atoms with E-state index in [1.165, 1.54) is 18.3 Å². The zero-order valence-corrected chi connectivity index (χ0v) is 19.1. The van der Waals surface area contributed by atoms with Crippen molar-refractivity contribution in [3.8, 4) is 0 Å². The molecule has 0 atom stereocenters. The number of benzene rings is 3. The van der Waals surface area contributed by atoms with Gasteiger partial charge >= 0.3 is 5.97 Å². The molecule has 0 radical (unpaired) electrons. The van der Waals surface area contributed by atoms with Gasteiger partial charge in [0.25, 0.3) is 0 Å². The molecule has 0 aliphatic carbocycles. The number of aromatic nitrogens is 1. The Morgan fingerprint density at radius 3 is 2.59 bits per heavy atom. The van der Waals surface area contributed by atoms with Crippen LogP contribution in [0, 0.1) is 13.8 Å². The Bertz CT molecular complexity index is 1290. The van der Waals surface area contributed by atoms with Crippen LogP contribution >= 0.6 is 11.3 Å². The first kappa shape index (κ1) is 21.7. The second kappa shape index (κ2) is 9.32. The number of carbonyl (C=O) groups excluding carboxylic acids is 2. The number of rotatable bonds is 6. The van der Waals surface area contributed by atoms with Crippen LogP contribution in [0.25, 0.3) is 10.8 Å². The monoisotopic (exact) mass is 444 g/mol. The molecule has 6 heteroatoms. The summed E-state index contributed by atoms with van der Waals surface area (Å²) in [5, 5.41) is 4.52. The maximum Gasteiger partial charge on any atom is 0.310 e. The van der Waals surface area contributed by atoms with Gasteiger partial charge in [-0.25, -0.2) is 4.98 Å². The molecule has 5 nitrogen and oxygen atoms in total. The summed E-state index contributed by atoms with van der Waals surface area (Å²) < 4.78 is 5.48. The molecule has 3 aromatic carbocycles. The van der Waals surface area contributed by atoms with E-state index in [1.54, 1.807) is 4.90 Å². The summed E-state index contributed by atoms with van der Waals surface area (Å²) in [5.41, 5.74) is 4.49. The van der Waals surface area contributed by atoms with E-state index in [0.29, 0.717) is 10.8 Å². The molecule has 0 saturated carbocycles. The SMILES string of the molecule is CC(=O)N(c1nc(COC(=O)Cc2cccc3ccccc23)cs1)c1ccc(C)cc1C. The molecule has 4 aromatic rings. The molecular formula is C26H24N2O3S. The molecule has 0 aliphatic rings. The lowest BCUT2D eigenvalue weighted by atomic mass is 10.0. The molecule has 0 N–H and O–H groups in total. The number of esters is 1. The molecular weight excluding hydrogens is 420 g/mol. The quantitative estimate of drug-likeness (QED) is 0.348. The van der Waals surface area contributed by atoms with Crippen molar-refractivity contribution in [2.75, 3.05) is 4.90 Å². The fourth-order valence-corrected chi connectivity index (χ4v) is 4.60. The Labute approximate surface area is 191 Å². The van der Waals surface area contributed by atoms with E-state index in [9.17, 15) is 9.59 Å². The van der Waals surface area contributed by atoms with Crippen molar-refractivity contribution >= 4 is 44.8 Å². The normalized spacial score (nSPS) is 10.8. The highest BCUT2D eigenvalue weighted by Crippen LogP contribution is 2.32. The van der Waals surface area contributed by atoms with Gasteiger partial charge in [0.15, 0.2) is 5.13 Å². The molecule has 162 valence electrons. The number of thiazole rings is 1. The Hall–Kier alpha value is -3.51. The van der Waals surface area contributed by atoms with Gasteiger partial charge in [0.05, 0.1) is 17.8 Å². The Morgan fingerprint density at radius 2 is 1.81 bits per heavy atom. The molecule has 0 spiro atoms. The molecule has 1 heterocycles. The van der Waals surface area contributed by atoms with Crippen LogP contribution in [0.2, 0.25) is 0 Å². The van der Waals surface area contributed by atoms with Gasteiger partial charge < -0.3 is 4.74 Å². The summed E-state index contributed by atoms with van der Waals surface area (Å²) in [6.07, 6.45) is 0.195. The van der Waals surface area contributed by atoms with Crippen LogP contribution in [0.3, 0.4) is 0 Å². The third-order valence-corrected chi connectivity index (χ3v) is 6.11. The lowest BCUT2D eigenvalue weighted by molar-refractivity contribution is -0.144. The fourth-order valence-electron chi connectivity index (χ4n) is 3.74. The highest BCUT2D eigenvalue weighted by atomic mass is 32.1. The molecule has 1 aromatic heterocycles. The predicted octanol–water partition coefficient (Wildman–Crippen LogP) is 5.88. The smallest absolute Gasteiger partial charge is 0.310 e. The number of anilines is 2. The minimum Gasteiger partial charge on any atom is -0.459 e. The minimum absolute atomic E-state index is 0.0682. The highest BCUT2D eigenvalue weighted by molar-refractivity contribution is 7.14. The number of carbonyl (C=O) groups is 2. The number of aryl methyl sites for hydroxylation is 2. The van der Waals surface area contributed by atoms with Gasteiger partial charge in [-0.05, 0) is 41.8 Å². The summed E-state index contributed by atoms with van der Waals surface area (Å²) >= 11 is 1.35. The van der Waals surface area contributed by atoms with E-state index in [2.05, 4.69) is 4.98 Å². The molecule has 4 rings (SSSR count). The van der Waals surface area contributed by atoms with Crippen LogP contribution < -0.4 is 4.90 Å². The van der Waals surface area contributed by atoms with Gasteiger partial charge in [0, 0.05) is 12.3 Å². The van der Waals surface area contributed by atoms with E-state index in [-0.39, 0.29) is 24.9 Å². The van der Waals surface area contributed by atoms with Crippen molar-refractivity contribution in [3.63, 3.8) is 0 Å². The van der Waals surface area contributed by atoms with Crippen LogP contribution in [0.4, 0.5) is 10.8 Å². The number of ether oxygens (including phenoxy) is 1. The number of amides is 1. The average molecular weight is 445 g/mol. The number of hydrogen-bond acceptors (Lipinski definition) is 5. The van der Waals surface area contributed by atoms with Gasteiger partial charge in [-0.2, -0.15) is 0 Å². The van der Waals surface area contributed by atoms with E-state index < -0.39 is 0 Å². The third-order valence-electron chi connectivity index (χ3n) is 5.23. The summed E-state index contributed by atoms with van der Waals surface area (Å²) in [5.74, 6) is -0.431. The van der Waals surface area contributed by atoms with Crippen LogP contribution in [0.15, 0.2) is 66.0 Å². The minimum atomic E-state index is -0.311. The van der Waals surface area contributed by atoms with E-state index in [0.717, 1.165) is 33.2 Å². The zero-order chi connectivity index (χ0) is 22.7. The lowest BCUT2D eigenvalue weighted by Crippen LogP contribution is -2.23. The third kappa shape index (κ3) is 4.70. The molecule has 0 saturated heterocycles. The van der Waals surface area contributed by atoms with Crippen LogP contribution in [-0.2, 0) is 27.4 Å². The van der Waals surface area contributed by atoms with Crippen LogP contribution in [0.1, 0.15) is 29.3 Å². The van der Waals surface area contributed by atoms with Crippen molar-refractivity contribution in [1.29, 1.82) is 0 Å². The zero-order valence-electron chi connectivity index (χ0n) is 18.3. The predicted molar refractivity (Wildman–Crippen MR) is 128 cm³/mol. The molecule has 0 fully saturated rings. The van der Waals surface area contributed by atoms with Crippen molar-refractivity contribution in [3.05, 3.63) is 88.4 Å². The van der Waals surface area contributed by atoms with Gasteiger partial charge in [0.2, 0.25) is 5.91 Å². The first-order chi connectivity index (χ1) is 15.4. The Balaban J connectivity index is 1.45. The Morgan fingerprint density at radius 1 is 1.03 bits per heavy atom. The maximum absolute atomic E-state index is 12.5. The second-order valence-corrected chi connectivity index (χ2v) is 8.58. The first-order valence-corrected chi connectivity index (χ1v) is 11.2. The average Bonchev–Trinajstić information content (AvgIpc) is 3.22. The second-order valence-electron chi connectivity index (χ2n) is 7.74. The lowest BCUT2D eigenvalue weighted by Gasteiger charge is -2.20. The molecule has 32 heavy (non-hydrogen) atoms. The van der Waals surface area contributed by atoms with E-state index >= 15 is 0 Å². The van der Waals surface area contributed by atoms with Crippen molar-refractivity contribution in [1.82, 2.24) is 4.98 Å². The van der Waals surface area contributed by atoms with E-state index in [4.69, 9.17) is 4.74 Å². The van der Waals surface area contributed by atoms with Gasteiger partial charge in [-0.3, -0.25) is 14.5 Å². The van der Waals surface area contributed by atoms with E-state index in [1.807, 2.05) is 79.9 Å². The maximum atomic E-state index is 12.5. The van der Waals surface area contributed by atoms with Crippen molar-refractivity contribution in [2.24, 2.45) is 0 Å². The fraction of sp³-hybridized carbons (Fsp3) is 0.192. The topological polar surface area (TPSA) is 59.5 Å². The van der Waals surface area contributed by atoms with Gasteiger partial charge in [-0.1, -0.05) is 60.2 Å². The summed E-state index contributed by atoms with van der Waals surface area (Å²) in [4.78, 5) is 31.0. The summed E-state index contributed by atoms with van der Waals surface area (Å²) in [6, 6.07) is 19.8. The molecule has 1 amide bonds. The number of fused-ring (bicyclic) bond motifs is 1. The summed E-state index contributed by atoms with van der Waals surface area (Å²) in [7, 11) is 0. The molecule has 0 unspecified atom stereocenters.